The zero-order chi connectivity index (χ0) is 4.50. The number of hydrogen-bond donors (Lipinski definition) is 0. The zero-order valence-corrected chi connectivity index (χ0v) is 11.2. The Bertz CT molecular complexity index is 31.5. The number of hydrogen-bond acceptors (Lipinski definition) is 4. The molecule has 0 bridgehead atoms. The zero-order valence-electron chi connectivity index (χ0n) is 3.22. The molecule has 51 valence electrons. The molecule has 8 heteroatoms. The summed E-state index contributed by atoms with van der Waals surface area (Å²) in [5, 5.41) is 0. The maximum Gasteiger partial charge on any atom is 3.00 e. The molecule has 0 saturated carbocycles. The van der Waals surface area contributed by atoms with Gasteiger partial charge in [0.1, 0.15) is 0 Å². The third-order valence-electron chi connectivity index (χ3n) is 0. The monoisotopic (exact) mass is 566 g/mol. The first-order valence-corrected chi connectivity index (χ1v) is 2.45. The fourth-order valence-corrected chi connectivity index (χ4v) is 0. The van der Waals surface area contributed by atoms with E-state index in [0.29, 0.717) is 0 Å². The average Bonchev–Trinajstić information content (AvgIpc) is 0.722. The van der Waals surface area contributed by atoms with E-state index < -0.39 is 9.05 Å². The van der Waals surface area contributed by atoms with Crippen LogP contribution in [0, 0.1) is 117 Å². The maximum absolute atomic E-state index is 8.58. The molecule has 0 rings (SSSR count). The van der Waals surface area contributed by atoms with Crippen LogP contribution in [0.4, 0.5) is 0 Å². The molecule has 0 heterocycles. The molecule has 0 atom stereocenters. The third-order valence-corrected chi connectivity index (χ3v) is 0. The fourth-order valence-electron chi connectivity index (χ4n) is 0. The van der Waals surface area contributed by atoms with Crippen molar-refractivity contribution in [3.05, 3.63) is 0 Å². The van der Waals surface area contributed by atoms with Crippen LogP contribution in [-0.2, 0) is 0 Å². The minimum absolute atomic E-state index is 0. The van der Waals surface area contributed by atoms with Crippen molar-refractivity contribution < 1.29 is 136 Å². The van der Waals surface area contributed by atoms with Crippen molar-refractivity contribution in [3.63, 3.8) is 0 Å². The third kappa shape index (κ3) is 51.1. The van der Waals surface area contributed by atoms with E-state index in [1.807, 2.05) is 0 Å². The van der Waals surface area contributed by atoms with Crippen LogP contribution >= 0.6 is 0 Å². The molecule has 0 unspecified atom stereocenters. The van der Waals surface area contributed by atoms with Crippen LogP contribution in [0.2, 0.25) is 0 Å². The van der Waals surface area contributed by atoms with Crippen molar-refractivity contribution in [2.45, 2.75) is 0 Å². The van der Waals surface area contributed by atoms with Crippen molar-refractivity contribution in [2.75, 3.05) is 0 Å². The normalized spacial score (nSPS) is 7.50. The van der Waals surface area contributed by atoms with E-state index >= 15 is 0 Å². The van der Waals surface area contributed by atoms with E-state index in [0.717, 1.165) is 0 Å². The van der Waals surface area contributed by atoms with Gasteiger partial charge in [-0.05, 0) is 0 Å². The molecule has 0 aliphatic heterocycles. The van der Waals surface area contributed by atoms with Crippen LogP contribution in [0.3, 0.4) is 0 Å². The quantitative estimate of drug-likeness (QED) is 0.275. The summed E-state index contributed by atoms with van der Waals surface area (Å²) in [6, 6.07) is 0. The maximum atomic E-state index is 8.58. The Morgan fingerprint density at radius 1 is 0.875 bits per heavy atom. The Morgan fingerprint density at radius 3 is 0.875 bits per heavy atom. The SMILES string of the molecule is [Ce+3].[Lu+3].[O-][Si]([O-])([O-])[O-].[Tb+3]. The minimum Gasteiger partial charge on any atom is -0.894 e. The Morgan fingerprint density at radius 2 is 0.875 bits per heavy atom. The summed E-state index contributed by atoms with van der Waals surface area (Å²) in [4.78, 5) is 34.3. The minimum atomic E-state index is -5.61. The second kappa shape index (κ2) is 11.0. The fraction of sp³-hybridized carbons (Fsp3) is 0. The largest absolute Gasteiger partial charge is 3.00 e. The van der Waals surface area contributed by atoms with E-state index in [1.165, 1.54) is 0 Å². The summed E-state index contributed by atoms with van der Waals surface area (Å²) in [6.45, 7) is 0. The first kappa shape index (κ1) is 22.7. The van der Waals surface area contributed by atoms with Gasteiger partial charge in [0, 0.05) is 0 Å². The van der Waals surface area contributed by atoms with E-state index in [-0.39, 0.29) is 117 Å². The second-order valence-electron chi connectivity index (χ2n) is 0.500. The van der Waals surface area contributed by atoms with Crippen LogP contribution < -0.4 is 19.2 Å². The Balaban J connectivity index is -0.0000000267. The predicted molar refractivity (Wildman–Crippen MR) is 5.75 cm³/mol. The smallest absolute Gasteiger partial charge is 0.894 e. The van der Waals surface area contributed by atoms with Gasteiger partial charge < -0.3 is 28.2 Å². The predicted octanol–water partition coefficient (Wildman–Crippen LogP) is -5.14. The van der Waals surface area contributed by atoms with Gasteiger partial charge in [-0.15, -0.1) is 0 Å². The van der Waals surface area contributed by atoms with Gasteiger partial charge in [0.25, 0.3) is 0 Å². The van der Waals surface area contributed by atoms with Gasteiger partial charge in [-0.3, -0.25) is 0 Å². The Labute approximate surface area is 142 Å². The van der Waals surface area contributed by atoms with Crippen molar-refractivity contribution >= 4 is 9.05 Å². The van der Waals surface area contributed by atoms with Gasteiger partial charge in [-0.1, -0.05) is 0 Å². The molecular formula is CeLuO4SiTb+5. The van der Waals surface area contributed by atoms with Gasteiger partial charge in [0.15, 0.2) is 0 Å². The van der Waals surface area contributed by atoms with Gasteiger partial charge in [0.2, 0.25) is 0 Å². The van der Waals surface area contributed by atoms with E-state index in [9.17, 15) is 0 Å². The molecule has 0 saturated heterocycles. The molecule has 0 N–H and O–H groups in total. The molecule has 0 aromatic heterocycles. The summed E-state index contributed by atoms with van der Waals surface area (Å²) in [5.74, 6) is 0. The first-order valence-electron chi connectivity index (χ1n) is 0.816. The molecule has 0 spiro atoms. The Hall–Kier alpha value is 3.95. The van der Waals surface area contributed by atoms with Gasteiger partial charge in [-0.2, -0.15) is 0 Å². The molecule has 0 amide bonds. The van der Waals surface area contributed by atoms with Gasteiger partial charge in [-0.25, -0.2) is 0 Å². The van der Waals surface area contributed by atoms with Crippen LogP contribution in [0.5, 0.6) is 0 Å². The van der Waals surface area contributed by atoms with Crippen LogP contribution in [0.1, 0.15) is 0 Å². The Kier molecular flexibility index (Phi) is 31.0. The molecule has 0 aromatic rings. The molecule has 1 radical (unpaired) electrons. The standard InChI is InChI=1S/Ce.Lu.O4Si.Tb/c;;1-5(2,3)4;/q2*+3;-4;+3. The van der Waals surface area contributed by atoms with Crippen LogP contribution in [0.15, 0.2) is 0 Å². The summed E-state index contributed by atoms with van der Waals surface area (Å²) < 4.78 is 0. The van der Waals surface area contributed by atoms with E-state index in [1.54, 1.807) is 0 Å². The van der Waals surface area contributed by atoms with Crippen LogP contribution in [-0.4, -0.2) is 9.05 Å². The molecule has 0 aromatic carbocycles. The number of rotatable bonds is 0. The average molecular weight is 566 g/mol. The van der Waals surface area contributed by atoms with Crippen molar-refractivity contribution in [1.29, 1.82) is 0 Å². The second-order valence-corrected chi connectivity index (χ2v) is 1.50. The summed E-state index contributed by atoms with van der Waals surface area (Å²) in [7, 11) is -5.61. The van der Waals surface area contributed by atoms with Crippen LogP contribution in [0.25, 0.3) is 0 Å². The van der Waals surface area contributed by atoms with Crippen molar-refractivity contribution in [1.82, 2.24) is 0 Å². The molecule has 0 fully saturated rings. The molecule has 8 heavy (non-hydrogen) atoms. The molecule has 0 aliphatic rings. The first-order chi connectivity index (χ1) is 2.00. The van der Waals surface area contributed by atoms with E-state index in [4.69, 9.17) is 19.2 Å². The van der Waals surface area contributed by atoms with Gasteiger partial charge >= 0.3 is 117 Å². The van der Waals surface area contributed by atoms with Crippen molar-refractivity contribution in [2.24, 2.45) is 0 Å². The van der Waals surface area contributed by atoms with Gasteiger partial charge in [0.05, 0.1) is 0 Å². The molecular weight excluding hydrogens is 566 g/mol. The summed E-state index contributed by atoms with van der Waals surface area (Å²) in [5.41, 5.74) is 0. The molecule has 0 aliphatic carbocycles. The summed E-state index contributed by atoms with van der Waals surface area (Å²) in [6.07, 6.45) is 0. The van der Waals surface area contributed by atoms with E-state index in [2.05, 4.69) is 0 Å². The summed E-state index contributed by atoms with van der Waals surface area (Å²) >= 11 is 0. The molecule has 4 nitrogen and oxygen atoms in total. The topological polar surface area (TPSA) is 92.2 Å². The van der Waals surface area contributed by atoms with Crippen molar-refractivity contribution in [3.8, 4) is 0 Å².